The van der Waals surface area contributed by atoms with Gasteiger partial charge in [0.25, 0.3) is 0 Å². The lowest BCUT2D eigenvalue weighted by atomic mass is 10.0. The summed E-state index contributed by atoms with van der Waals surface area (Å²) in [5.74, 6) is 1.00. The maximum absolute atomic E-state index is 11.8. The molecule has 2 atom stereocenters. The van der Waals surface area contributed by atoms with Crippen LogP contribution in [0.1, 0.15) is 31.4 Å². The highest BCUT2D eigenvalue weighted by Crippen LogP contribution is 2.35. The molecule has 0 bridgehead atoms. The summed E-state index contributed by atoms with van der Waals surface area (Å²) >= 11 is 1.85. The van der Waals surface area contributed by atoms with Gasteiger partial charge in [-0.3, -0.25) is 4.79 Å². The molecule has 4 heteroatoms. The van der Waals surface area contributed by atoms with Gasteiger partial charge in [0.15, 0.2) is 0 Å². The van der Waals surface area contributed by atoms with Crippen molar-refractivity contribution in [2.45, 2.75) is 36.7 Å². The van der Waals surface area contributed by atoms with Crippen LogP contribution in [0.25, 0.3) is 0 Å². The molecule has 0 aromatic heterocycles. The molecule has 1 heterocycles. The van der Waals surface area contributed by atoms with E-state index in [9.17, 15) is 4.79 Å². The molecule has 2 unspecified atom stereocenters. The van der Waals surface area contributed by atoms with Crippen LogP contribution in [0, 0.1) is 0 Å². The highest BCUT2D eigenvalue weighted by Gasteiger charge is 2.23. The number of hydrogen-bond acceptors (Lipinski definition) is 3. The van der Waals surface area contributed by atoms with Gasteiger partial charge in [-0.1, -0.05) is 25.1 Å². The van der Waals surface area contributed by atoms with Gasteiger partial charge in [0.1, 0.15) is 0 Å². The van der Waals surface area contributed by atoms with Gasteiger partial charge in [-0.25, -0.2) is 0 Å². The molecule has 1 aromatic carbocycles. The summed E-state index contributed by atoms with van der Waals surface area (Å²) in [6.07, 6.45) is 1.65. The molecule has 92 valence electrons. The second-order valence-corrected chi connectivity index (χ2v) is 5.39. The minimum atomic E-state index is -0.392. The zero-order valence-corrected chi connectivity index (χ0v) is 10.8. The number of thioether (sulfide) groups is 1. The van der Waals surface area contributed by atoms with Crippen LogP contribution in [-0.4, -0.2) is 17.7 Å². The van der Waals surface area contributed by atoms with E-state index in [1.54, 1.807) is 0 Å². The number of nitrogens with one attached hydrogen (secondary N) is 1. The molecule has 0 aliphatic carbocycles. The highest BCUT2D eigenvalue weighted by atomic mass is 32.2. The number of carbonyl (C=O) groups is 1. The fourth-order valence-corrected chi connectivity index (χ4v) is 3.08. The van der Waals surface area contributed by atoms with Crippen molar-refractivity contribution in [2.24, 2.45) is 5.73 Å². The molecule has 3 N–H and O–H groups in total. The lowest BCUT2D eigenvalue weighted by Crippen LogP contribution is -2.42. The Hall–Kier alpha value is -1.00. The van der Waals surface area contributed by atoms with Crippen molar-refractivity contribution in [3.05, 3.63) is 29.8 Å². The molecule has 0 saturated carbocycles. The topological polar surface area (TPSA) is 55.1 Å². The van der Waals surface area contributed by atoms with Gasteiger partial charge in [0.05, 0.1) is 12.1 Å². The number of nitrogens with two attached hydrogens (primary N) is 1. The Bertz CT molecular complexity index is 408. The standard InChI is InChI=1S/C13H18N2OS/c1-2-10(14)13(16)15-11-7-8-17-12-6-4-3-5-9(11)12/h3-6,10-11H,2,7-8,14H2,1H3,(H,15,16). The largest absolute Gasteiger partial charge is 0.348 e. The molecule has 1 aromatic rings. The minimum absolute atomic E-state index is 0.0424. The van der Waals surface area contributed by atoms with Crippen molar-refractivity contribution in [1.82, 2.24) is 5.32 Å². The van der Waals surface area contributed by atoms with Crippen molar-refractivity contribution in [3.63, 3.8) is 0 Å². The van der Waals surface area contributed by atoms with Crippen molar-refractivity contribution < 1.29 is 4.79 Å². The molecule has 1 aliphatic rings. The number of rotatable bonds is 3. The van der Waals surface area contributed by atoms with Crippen LogP contribution in [0.3, 0.4) is 0 Å². The minimum Gasteiger partial charge on any atom is -0.348 e. The first kappa shape index (κ1) is 12.5. The summed E-state index contributed by atoms with van der Waals surface area (Å²) in [6.45, 7) is 1.93. The predicted molar refractivity (Wildman–Crippen MR) is 70.9 cm³/mol. The molecular formula is C13H18N2OS. The summed E-state index contributed by atoms with van der Waals surface area (Å²) in [5, 5.41) is 3.05. The average molecular weight is 250 g/mol. The van der Waals surface area contributed by atoms with E-state index in [-0.39, 0.29) is 11.9 Å². The predicted octanol–water partition coefficient (Wildman–Crippen LogP) is 2.08. The molecule has 2 rings (SSSR count). The van der Waals surface area contributed by atoms with E-state index in [0.29, 0.717) is 6.42 Å². The molecule has 0 saturated heterocycles. The monoisotopic (exact) mass is 250 g/mol. The van der Waals surface area contributed by atoms with E-state index in [4.69, 9.17) is 5.73 Å². The van der Waals surface area contributed by atoms with E-state index < -0.39 is 6.04 Å². The summed E-state index contributed by atoms with van der Waals surface area (Å²) in [5.41, 5.74) is 6.96. The zero-order valence-electron chi connectivity index (χ0n) is 9.98. The third-order valence-electron chi connectivity index (χ3n) is 3.05. The van der Waals surface area contributed by atoms with Crippen LogP contribution in [-0.2, 0) is 4.79 Å². The first-order chi connectivity index (χ1) is 8.22. The van der Waals surface area contributed by atoms with Crippen LogP contribution in [0.2, 0.25) is 0 Å². The Balaban J connectivity index is 2.11. The Morgan fingerprint density at radius 1 is 1.59 bits per heavy atom. The fraction of sp³-hybridized carbons (Fsp3) is 0.462. The molecule has 0 spiro atoms. The van der Waals surface area contributed by atoms with Crippen molar-refractivity contribution in [3.8, 4) is 0 Å². The van der Waals surface area contributed by atoms with E-state index in [1.165, 1.54) is 10.5 Å². The number of benzene rings is 1. The Morgan fingerprint density at radius 3 is 3.12 bits per heavy atom. The maximum atomic E-state index is 11.8. The van der Waals surface area contributed by atoms with Gasteiger partial charge in [-0.15, -0.1) is 11.8 Å². The van der Waals surface area contributed by atoms with E-state index in [1.807, 2.05) is 30.8 Å². The Labute approximate surface area is 106 Å². The molecule has 3 nitrogen and oxygen atoms in total. The third kappa shape index (κ3) is 2.82. The summed E-state index contributed by atoms with van der Waals surface area (Å²) in [7, 11) is 0. The average Bonchev–Trinajstić information content (AvgIpc) is 2.38. The van der Waals surface area contributed by atoms with Gasteiger partial charge >= 0.3 is 0 Å². The fourth-order valence-electron chi connectivity index (χ4n) is 1.96. The van der Waals surface area contributed by atoms with Gasteiger partial charge in [0.2, 0.25) is 5.91 Å². The molecule has 1 aliphatic heterocycles. The first-order valence-electron chi connectivity index (χ1n) is 6.00. The quantitative estimate of drug-likeness (QED) is 0.863. The van der Waals surface area contributed by atoms with Crippen LogP contribution in [0.4, 0.5) is 0 Å². The van der Waals surface area contributed by atoms with Gasteiger partial charge in [-0.05, 0) is 24.5 Å². The lowest BCUT2D eigenvalue weighted by Gasteiger charge is -2.26. The summed E-state index contributed by atoms with van der Waals surface area (Å²) < 4.78 is 0. The highest BCUT2D eigenvalue weighted by molar-refractivity contribution is 7.99. The van der Waals surface area contributed by atoms with Crippen LogP contribution >= 0.6 is 11.8 Å². The number of hydrogen-bond donors (Lipinski definition) is 2. The second kappa shape index (κ2) is 5.56. The smallest absolute Gasteiger partial charge is 0.237 e. The van der Waals surface area contributed by atoms with Crippen molar-refractivity contribution in [1.29, 1.82) is 0 Å². The molecule has 0 fully saturated rings. The van der Waals surface area contributed by atoms with Gasteiger partial charge in [0, 0.05) is 10.6 Å². The summed E-state index contributed by atoms with van der Waals surface area (Å²) in [6, 6.07) is 7.98. The van der Waals surface area contributed by atoms with Crippen LogP contribution < -0.4 is 11.1 Å². The normalized spacial score (nSPS) is 20.5. The molecule has 0 radical (unpaired) electrons. The first-order valence-corrected chi connectivity index (χ1v) is 6.98. The molecular weight excluding hydrogens is 232 g/mol. The Morgan fingerprint density at radius 2 is 2.35 bits per heavy atom. The van der Waals surface area contributed by atoms with E-state index in [0.717, 1.165) is 12.2 Å². The number of amides is 1. The number of carbonyl (C=O) groups excluding carboxylic acids is 1. The van der Waals surface area contributed by atoms with Gasteiger partial charge in [-0.2, -0.15) is 0 Å². The van der Waals surface area contributed by atoms with E-state index in [2.05, 4.69) is 17.4 Å². The number of fused-ring (bicyclic) bond motifs is 1. The SMILES string of the molecule is CCC(N)C(=O)NC1CCSc2ccccc21. The van der Waals surface area contributed by atoms with E-state index >= 15 is 0 Å². The second-order valence-electron chi connectivity index (χ2n) is 4.25. The van der Waals surface area contributed by atoms with Crippen molar-refractivity contribution in [2.75, 3.05) is 5.75 Å². The lowest BCUT2D eigenvalue weighted by molar-refractivity contribution is -0.123. The van der Waals surface area contributed by atoms with Crippen LogP contribution in [0.15, 0.2) is 29.2 Å². The third-order valence-corrected chi connectivity index (χ3v) is 4.17. The Kier molecular flexibility index (Phi) is 4.07. The van der Waals surface area contributed by atoms with Gasteiger partial charge < -0.3 is 11.1 Å². The molecule has 17 heavy (non-hydrogen) atoms. The van der Waals surface area contributed by atoms with Crippen LogP contribution in [0.5, 0.6) is 0 Å². The maximum Gasteiger partial charge on any atom is 0.237 e. The summed E-state index contributed by atoms with van der Waals surface area (Å²) in [4.78, 5) is 13.1. The molecule has 1 amide bonds. The van der Waals surface area contributed by atoms with Crippen molar-refractivity contribution >= 4 is 17.7 Å². The zero-order chi connectivity index (χ0) is 12.3.